The summed E-state index contributed by atoms with van der Waals surface area (Å²) >= 11 is 0. The Hall–Kier alpha value is -2.07. The van der Waals surface area contributed by atoms with Gasteiger partial charge in [-0.25, -0.2) is 0 Å². The Morgan fingerprint density at radius 2 is 1.95 bits per heavy atom. The highest BCUT2D eigenvalue weighted by molar-refractivity contribution is 5.93. The smallest absolute Gasteiger partial charge is 0.238 e. The molecule has 1 aromatic carbocycles. The van der Waals surface area contributed by atoms with Gasteiger partial charge in [0.05, 0.1) is 18.8 Å². The zero-order valence-electron chi connectivity index (χ0n) is 13.6. The van der Waals surface area contributed by atoms with E-state index in [9.17, 15) is 4.79 Å². The largest absolute Gasteiger partial charge is 0.468 e. The van der Waals surface area contributed by atoms with E-state index in [4.69, 9.17) is 4.42 Å². The fourth-order valence-electron chi connectivity index (χ4n) is 2.41. The van der Waals surface area contributed by atoms with Crippen molar-refractivity contribution in [3.63, 3.8) is 0 Å². The van der Waals surface area contributed by atoms with Crippen LogP contribution in [-0.4, -0.2) is 12.5 Å². The van der Waals surface area contributed by atoms with Gasteiger partial charge >= 0.3 is 0 Å². The van der Waals surface area contributed by atoms with E-state index in [2.05, 4.69) is 30.5 Å². The Morgan fingerprint density at radius 1 is 1.18 bits per heavy atom. The Bertz CT molecular complexity index is 618. The van der Waals surface area contributed by atoms with E-state index < -0.39 is 0 Å². The molecule has 2 rings (SSSR count). The number of rotatable bonds is 6. The van der Waals surface area contributed by atoms with Gasteiger partial charge in [0.15, 0.2) is 0 Å². The molecule has 4 nitrogen and oxygen atoms in total. The van der Waals surface area contributed by atoms with E-state index in [0.717, 1.165) is 22.6 Å². The molecule has 1 atom stereocenters. The first-order valence-corrected chi connectivity index (χ1v) is 7.65. The number of carbonyl (C=O) groups is 1. The summed E-state index contributed by atoms with van der Waals surface area (Å²) in [7, 11) is 0. The van der Waals surface area contributed by atoms with E-state index >= 15 is 0 Å². The van der Waals surface area contributed by atoms with Gasteiger partial charge in [-0.15, -0.1) is 0 Å². The second-order valence-electron chi connectivity index (χ2n) is 5.86. The van der Waals surface area contributed by atoms with Crippen molar-refractivity contribution in [3.8, 4) is 0 Å². The van der Waals surface area contributed by atoms with Crippen LogP contribution >= 0.6 is 0 Å². The van der Waals surface area contributed by atoms with Gasteiger partial charge in [-0.3, -0.25) is 10.1 Å². The molecule has 0 fully saturated rings. The molecule has 1 aromatic heterocycles. The highest BCUT2D eigenvalue weighted by Gasteiger charge is 2.13. The summed E-state index contributed by atoms with van der Waals surface area (Å²) in [5.74, 6) is 1.14. The van der Waals surface area contributed by atoms with E-state index in [1.807, 2.05) is 38.1 Å². The van der Waals surface area contributed by atoms with Crippen LogP contribution in [-0.2, 0) is 4.79 Å². The molecule has 0 saturated heterocycles. The molecule has 0 saturated carbocycles. The fourth-order valence-corrected chi connectivity index (χ4v) is 2.41. The molecular formula is C18H24N2O2. The van der Waals surface area contributed by atoms with Gasteiger partial charge in [-0.1, -0.05) is 32.0 Å². The third kappa shape index (κ3) is 3.98. The summed E-state index contributed by atoms with van der Waals surface area (Å²) in [5.41, 5.74) is 3.17. The first-order chi connectivity index (χ1) is 10.5. The van der Waals surface area contributed by atoms with Crippen molar-refractivity contribution in [2.24, 2.45) is 0 Å². The van der Waals surface area contributed by atoms with Crippen LogP contribution in [0.2, 0.25) is 0 Å². The lowest BCUT2D eigenvalue weighted by atomic mass is 9.98. The third-order valence-electron chi connectivity index (χ3n) is 3.73. The molecule has 0 aliphatic rings. The molecule has 0 radical (unpaired) electrons. The minimum atomic E-state index is -0.0467. The number of hydrogen-bond acceptors (Lipinski definition) is 3. The van der Waals surface area contributed by atoms with Crippen molar-refractivity contribution < 1.29 is 9.21 Å². The molecule has 2 aromatic rings. The molecule has 0 unspecified atom stereocenters. The first-order valence-electron chi connectivity index (χ1n) is 7.65. The van der Waals surface area contributed by atoms with Crippen LogP contribution in [0, 0.1) is 6.92 Å². The standard InChI is InChI=1S/C18H24N2O2/c1-12(2)15-8-5-7-13(3)18(15)20-17(21)11-19-14(4)16-9-6-10-22-16/h5-10,12,14,19H,11H2,1-4H3,(H,20,21)/t14-/m0/s1. The summed E-state index contributed by atoms with van der Waals surface area (Å²) in [5, 5.41) is 6.20. The zero-order valence-corrected chi connectivity index (χ0v) is 13.6. The molecule has 1 heterocycles. The Balaban J connectivity index is 1.98. The van der Waals surface area contributed by atoms with Crippen LogP contribution in [0.5, 0.6) is 0 Å². The molecular weight excluding hydrogens is 276 g/mol. The fraction of sp³-hybridized carbons (Fsp3) is 0.389. The van der Waals surface area contributed by atoms with E-state index in [0.29, 0.717) is 5.92 Å². The molecule has 118 valence electrons. The van der Waals surface area contributed by atoms with Crippen LogP contribution in [0.25, 0.3) is 0 Å². The predicted molar refractivity (Wildman–Crippen MR) is 89.0 cm³/mol. The van der Waals surface area contributed by atoms with Crippen LogP contribution in [0.4, 0.5) is 5.69 Å². The Morgan fingerprint density at radius 3 is 2.59 bits per heavy atom. The van der Waals surface area contributed by atoms with Crippen molar-refractivity contribution in [3.05, 3.63) is 53.5 Å². The zero-order chi connectivity index (χ0) is 16.1. The molecule has 0 aliphatic heterocycles. The normalized spacial score (nSPS) is 12.4. The number of aryl methyl sites for hydroxylation is 1. The summed E-state index contributed by atoms with van der Waals surface area (Å²) < 4.78 is 5.32. The van der Waals surface area contributed by atoms with Crippen LogP contribution in [0.15, 0.2) is 41.0 Å². The van der Waals surface area contributed by atoms with Gasteiger partial charge in [-0.2, -0.15) is 0 Å². The number of para-hydroxylation sites is 1. The first kappa shape index (κ1) is 16.3. The van der Waals surface area contributed by atoms with Gasteiger partial charge in [0.1, 0.15) is 5.76 Å². The monoisotopic (exact) mass is 300 g/mol. The average Bonchev–Trinajstić information content (AvgIpc) is 3.01. The molecule has 22 heavy (non-hydrogen) atoms. The number of hydrogen-bond donors (Lipinski definition) is 2. The summed E-state index contributed by atoms with van der Waals surface area (Å²) in [6.07, 6.45) is 1.63. The van der Waals surface area contributed by atoms with E-state index in [1.54, 1.807) is 6.26 Å². The Kier molecular flexibility index (Phi) is 5.39. The van der Waals surface area contributed by atoms with Gasteiger partial charge in [0, 0.05) is 5.69 Å². The number of furan rings is 1. The maximum absolute atomic E-state index is 12.2. The van der Waals surface area contributed by atoms with Crippen molar-refractivity contribution >= 4 is 11.6 Å². The maximum Gasteiger partial charge on any atom is 0.238 e. The van der Waals surface area contributed by atoms with Gasteiger partial charge < -0.3 is 9.73 Å². The lowest BCUT2D eigenvalue weighted by Crippen LogP contribution is -2.30. The maximum atomic E-state index is 12.2. The predicted octanol–water partition coefficient (Wildman–Crippen LogP) is 4.00. The second-order valence-corrected chi connectivity index (χ2v) is 5.86. The highest BCUT2D eigenvalue weighted by atomic mass is 16.3. The Labute approximate surface area is 131 Å². The van der Waals surface area contributed by atoms with Gasteiger partial charge in [0.2, 0.25) is 5.91 Å². The van der Waals surface area contributed by atoms with Crippen LogP contribution in [0.3, 0.4) is 0 Å². The SMILES string of the molecule is Cc1cccc(C(C)C)c1NC(=O)CN[C@@H](C)c1ccco1. The van der Waals surface area contributed by atoms with E-state index in [1.165, 1.54) is 0 Å². The van der Waals surface area contributed by atoms with Crippen LogP contribution in [0.1, 0.15) is 49.6 Å². The molecule has 0 bridgehead atoms. The summed E-state index contributed by atoms with van der Waals surface area (Å²) in [6, 6.07) is 9.84. The highest BCUT2D eigenvalue weighted by Crippen LogP contribution is 2.27. The summed E-state index contributed by atoms with van der Waals surface area (Å²) in [6.45, 7) is 8.48. The molecule has 4 heteroatoms. The topological polar surface area (TPSA) is 54.3 Å². The van der Waals surface area contributed by atoms with Gasteiger partial charge in [-0.05, 0) is 43.0 Å². The minimum absolute atomic E-state index is 0.00203. The third-order valence-corrected chi connectivity index (χ3v) is 3.73. The van der Waals surface area contributed by atoms with Crippen molar-refractivity contribution in [2.45, 2.75) is 39.7 Å². The number of carbonyl (C=O) groups excluding carboxylic acids is 1. The van der Waals surface area contributed by atoms with Gasteiger partial charge in [0.25, 0.3) is 0 Å². The second kappa shape index (κ2) is 7.27. The molecule has 0 spiro atoms. The summed E-state index contributed by atoms with van der Waals surface area (Å²) in [4.78, 5) is 12.2. The van der Waals surface area contributed by atoms with Crippen LogP contribution < -0.4 is 10.6 Å². The number of anilines is 1. The number of nitrogens with one attached hydrogen (secondary N) is 2. The average molecular weight is 300 g/mol. The van der Waals surface area contributed by atoms with E-state index in [-0.39, 0.29) is 18.5 Å². The van der Waals surface area contributed by atoms with Crippen molar-refractivity contribution in [1.29, 1.82) is 0 Å². The molecule has 1 amide bonds. The number of amides is 1. The van der Waals surface area contributed by atoms with Crippen molar-refractivity contribution in [1.82, 2.24) is 5.32 Å². The molecule has 0 aliphatic carbocycles. The lowest BCUT2D eigenvalue weighted by Gasteiger charge is -2.17. The van der Waals surface area contributed by atoms with Crippen molar-refractivity contribution in [2.75, 3.05) is 11.9 Å². The quantitative estimate of drug-likeness (QED) is 0.847. The molecule has 2 N–H and O–H groups in total. The number of benzene rings is 1. The minimum Gasteiger partial charge on any atom is -0.468 e. The lowest BCUT2D eigenvalue weighted by molar-refractivity contribution is -0.115.